The minimum absolute atomic E-state index is 0.0959. The summed E-state index contributed by atoms with van der Waals surface area (Å²) in [5.41, 5.74) is 6.44. The smallest absolute Gasteiger partial charge is 0.408 e. The average Bonchev–Trinajstić information content (AvgIpc) is 3.60. The van der Waals surface area contributed by atoms with Crippen molar-refractivity contribution in [3.8, 4) is 5.75 Å². The molecule has 4 amide bonds. The van der Waals surface area contributed by atoms with Crippen molar-refractivity contribution in [2.24, 2.45) is 11.7 Å². The number of anilines is 1. The topological polar surface area (TPSA) is 140 Å². The number of ether oxygens (including phenoxy) is 2. The fourth-order valence-corrected chi connectivity index (χ4v) is 4.38. The Hall–Kier alpha value is -4.34. The summed E-state index contributed by atoms with van der Waals surface area (Å²) >= 11 is 0. The Kier molecular flexibility index (Phi) is 9.57. The van der Waals surface area contributed by atoms with Gasteiger partial charge in [0.25, 0.3) is 5.91 Å². The van der Waals surface area contributed by atoms with Gasteiger partial charge in [0.15, 0.2) is 0 Å². The number of benzene rings is 2. The van der Waals surface area contributed by atoms with Crippen LogP contribution in [0, 0.1) is 5.92 Å². The first-order valence-corrected chi connectivity index (χ1v) is 13.1. The van der Waals surface area contributed by atoms with Gasteiger partial charge in [-0.3, -0.25) is 14.4 Å². The lowest BCUT2D eigenvalue weighted by Gasteiger charge is -2.35. The highest BCUT2D eigenvalue weighted by Gasteiger charge is 2.48. The number of nitrogens with two attached hydrogens (primary N) is 1. The fraction of sp³-hybridized carbons (Fsp3) is 0.400. The van der Waals surface area contributed by atoms with Gasteiger partial charge in [-0.25, -0.2) is 4.79 Å². The quantitative estimate of drug-likeness (QED) is 0.386. The molecule has 0 heterocycles. The maximum absolute atomic E-state index is 14.1. The number of alkyl carbamates (subject to hydrolysis) is 1. The lowest BCUT2D eigenvalue weighted by Crippen LogP contribution is -2.54. The van der Waals surface area contributed by atoms with E-state index in [4.69, 9.17) is 15.2 Å². The van der Waals surface area contributed by atoms with Gasteiger partial charge in [0.05, 0.1) is 13.5 Å². The summed E-state index contributed by atoms with van der Waals surface area (Å²) in [6.07, 6.45) is 0.960. The summed E-state index contributed by atoms with van der Waals surface area (Å²) < 4.78 is 10.5. The van der Waals surface area contributed by atoms with Gasteiger partial charge in [0.2, 0.25) is 11.8 Å². The number of primary amides is 1. The van der Waals surface area contributed by atoms with Crippen LogP contribution >= 0.6 is 0 Å². The third kappa shape index (κ3) is 8.08. The number of rotatable bonds is 11. The molecule has 0 radical (unpaired) electrons. The molecular formula is C30H38N4O6. The maximum atomic E-state index is 14.1. The van der Waals surface area contributed by atoms with E-state index in [2.05, 4.69) is 17.2 Å². The van der Waals surface area contributed by atoms with Crippen LogP contribution in [-0.2, 0) is 19.1 Å². The van der Waals surface area contributed by atoms with Crippen LogP contribution < -0.4 is 21.1 Å². The number of nitrogens with one attached hydrogen (secondary N) is 2. The highest BCUT2D eigenvalue weighted by Crippen LogP contribution is 2.41. The fourth-order valence-electron chi connectivity index (χ4n) is 4.38. The van der Waals surface area contributed by atoms with Crippen LogP contribution in [0.25, 0.3) is 6.08 Å². The number of carbonyl (C=O) groups excluding carboxylic acids is 4. The van der Waals surface area contributed by atoms with Gasteiger partial charge < -0.3 is 30.7 Å². The average molecular weight is 551 g/mol. The van der Waals surface area contributed by atoms with E-state index in [9.17, 15) is 19.2 Å². The van der Waals surface area contributed by atoms with E-state index in [-0.39, 0.29) is 12.0 Å². The lowest BCUT2D eigenvalue weighted by molar-refractivity contribution is -0.142. The molecule has 1 saturated carbocycles. The zero-order valence-electron chi connectivity index (χ0n) is 23.6. The zero-order chi connectivity index (χ0) is 29.6. The number of hydrogen-bond donors (Lipinski definition) is 3. The Morgan fingerprint density at radius 3 is 2.33 bits per heavy atom. The summed E-state index contributed by atoms with van der Waals surface area (Å²) in [4.78, 5) is 54.1. The predicted octanol–water partition coefficient (Wildman–Crippen LogP) is 4.02. The number of nitrogens with zero attached hydrogens (tertiary/aromatic N) is 1. The first-order chi connectivity index (χ1) is 18.8. The minimum Gasteiger partial charge on any atom is -0.497 e. The molecule has 2 aromatic carbocycles. The van der Waals surface area contributed by atoms with Crippen molar-refractivity contribution in [2.75, 3.05) is 12.4 Å². The molecule has 4 N–H and O–H groups in total. The van der Waals surface area contributed by atoms with Crippen molar-refractivity contribution in [1.29, 1.82) is 0 Å². The van der Waals surface area contributed by atoms with Crippen LogP contribution in [0.5, 0.6) is 5.75 Å². The normalized spacial score (nSPS) is 17.5. The monoisotopic (exact) mass is 550 g/mol. The molecule has 0 aliphatic heterocycles. The molecule has 4 atom stereocenters. The van der Waals surface area contributed by atoms with Gasteiger partial charge in [0, 0.05) is 11.7 Å². The molecule has 1 aliphatic rings. The van der Waals surface area contributed by atoms with E-state index < -0.39 is 47.9 Å². The summed E-state index contributed by atoms with van der Waals surface area (Å²) in [6.45, 7) is 10.8. The Balaban J connectivity index is 2.04. The lowest BCUT2D eigenvalue weighted by atomic mass is 9.99. The number of carbonyl (C=O) groups is 4. The molecule has 4 unspecified atom stereocenters. The van der Waals surface area contributed by atoms with Crippen molar-refractivity contribution >= 4 is 35.6 Å². The molecule has 40 heavy (non-hydrogen) atoms. The van der Waals surface area contributed by atoms with Crippen LogP contribution in [0.1, 0.15) is 57.7 Å². The van der Waals surface area contributed by atoms with Gasteiger partial charge >= 0.3 is 6.09 Å². The number of amides is 4. The summed E-state index contributed by atoms with van der Waals surface area (Å²) in [6, 6.07) is 11.2. The maximum Gasteiger partial charge on any atom is 0.408 e. The van der Waals surface area contributed by atoms with Crippen molar-refractivity contribution in [3.63, 3.8) is 0 Å². The second-order valence-electron chi connectivity index (χ2n) is 10.9. The Morgan fingerprint density at radius 1 is 1.15 bits per heavy atom. The molecule has 1 aliphatic carbocycles. The Labute approximate surface area is 234 Å². The van der Waals surface area contributed by atoms with Gasteiger partial charge in [-0.1, -0.05) is 37.8 Å². The van der Waals surface area contributed by atoms with Crippen LogP contribution in [-0.4, -0.2) is 53.5 Å². The van der Waals surface area contributed by atoms with E-state index in [0.29, 0.717) is 23.4 Å². The molecule has 10 heteroatoms. The summed E-state index contributed by atoms with van der Waals surface area (Å²) in [7, 11) is 1.55. The molecule has 0 aromatic heterocycles. The van der Waals surface area contributed by atoms with Crippen molar-refractivity contribution in [2.45, 2.75) is 64.3 Å². The highest BCUT2D eigenvalue weighted by molar-refractivity contribution is 6.00. The zero-order valence-corrected chi connectivity index (χ0v) is 23.6. The second kappa shape index (κ2) is 12.7. The minimum atomic E-state index is -1.33. The van der Waals surface area contributed by atoms with Crippen LogP contribution in [0.15, 0.2) is 55.1 Å². The summed E-state index contributed by atoms with van der Waals surface area (Å²) in [5, 5.41) is 5.39. The molecule has 2 aromatic rings. The van der Waals surface area contributed by atoms with Crippen molar-refractivity contribution in [1.82, 2.24) is 10.2 Å². The highest BCUT2D eigenvalue weighted by atomic mass is 16.6. The van der Waals surface area contributed by atoms with E-state index in [1.165, 1.54) is 4.90 Å². The van der Waals surface area contributed by atoms with E-state index in [1.807, 2.05) is 13.0 Å². The SMILES string of the molecule is C=Cc1cccc(C(C(=O)Nc2ccc(OC)cc2)N(C(=O)C(CC(N)=O)NC(=O)OC(C)(C)C)C2CC2C)c1. The van der Waals surface area contributed by atoms with Gasteiger partial charge in [-0.05, 0) is 74.6 Å². The van der Waals surface area contributed by atoms with Crippen molar-refractivity contribution in [3.05, 3.63) is 66.2 Å². The van der Waals surface area contributed by atoms with E-state index in [1.54, 1.807) is 76.4 Å². The van der Waals surface area contributed by atoms with E-state index in [0.717, 1.165) is 5.56 Å². The first-order valence-electron chi connectivity index (χ1n) is 13.1. The molecule has 10 nitrogen and oxygen atoms in total. The van der Waals surface area contributed by atoms with Crippen LogP contribution in [0.3, 0.4) is 0 Å². The molecule has 0 bridgehead atoms. The van der Waals surface area contributed by atoms with Crippen molar-refractivity contribution < 1.29 is 28.7 Å². The molecular weight excluding hydrogens is 512 g/mol. The van der Waals surface area contributed by atoms with Gasteiger partial charge in [0.1, 0.15) is 23.4 Å². The second-order valence-corrected chi connectivity index (χ2v) is 10.9. The Bertz CT molecular complexity index is 1250. The van der Waals surface area contributed by atoms with Gasteiger partial charge in [-0.2, -0.15) is 0 Å². The van der Waals surface area contributed by atoms with Crippen LogP contribution in [0.4, 0.5) is 10.5 Å². The standard InChI is InChI=1S/C30H38N4O6/c1-7-19-9-8-10-20(16-19)26(27(36)32-21-11-13-22(39-6)14-12-21)34(24-15-18(24)2)28(37)23(17-25(31)35)33-29(38)40-30(3,4)5/h7-14,16,18,23-24,26H,1,15,17H2,2-6H3,(H2,31,35)(H,32,36)(H,33,38). The molecule has 0 saturated heterocycles. The first kappa shape index (κ1) is 30.2. The predicted molar refractivity (Wildman–Crippen MR) is 152 cm³/mol. The third-order valence-electron chi connectivity index (χ3n) is 6.42. The summed E-state index contributed by atoms with van der Waals surface area (Å²) in [5.74, 6) is -1.14. The molecule has 3 rings (SSSR count). The van der Waals surface area contributed by atoms with Crippen LogP contribution in [0.2, 0.25) is 0 Å². The molecule has 1 fully saturated rings. The molecule has 214 valence electrons. The Morgan fingerprint density at radius 2 is 1.80 bits per heavy atom. The van der Waals surface area contributed by atoms with E-state index >= 15 is 0 Å². The molecule has 0 spiro atoms. The number of methoxy groups -OCH3 is 1. The number of hydrogen-bond acceptors (Lipinski definition) is 6. The van der Waals surface area contributed by atoms with Gasteiger partial charge in [-0.15, -0.1) is 0 Å². The third-order valence-corrected chi connectivity index (χ3v) is 6.42. The largest absolute Gasteiger partial charge is 0.497 e.